The van der Waals surface area contributed by atoms with E-state index >= 15 is 0 Å². The molecule has 1 N–H and O–H groups in total. The fourth-order valence-corrected chi connectivity index (χ4v) is 3.59. The normalized spacial score (nSPS) is 10.8. The van der Waals surface area contributed by atoms with E-state index in [1.54, 1.807) is 6.07 Å². The van der Waals surface area contributed by atoms with E-state index in [0.29, 0.717) is 23.1 Å². The fraction of sp³-hybridized carbons (Fsp3) is 0.235. The number of hydrogen-bond donors (Lipinski definition) is 1. The summed E-state index contributed by atoms with van der Waals surface area (Å²) >= 11 is 0.944. The highest BCUT2D eigenvalue weighted by molar-refractivity contribution is 7.18. The van der Waals surface area contributed by atoms with Gasteiger partial charge in [-0.05, 0) is 17.5 Å². The fourth-order valence-electron chi connectivity index (χ4n) is 2.60. The molecule has 0 spiro atoms. The first-order valence-corrected chi connectivity index (χ1v) is 8.32. The van der Waals surface area contributed by atoms with Gasteiger partial charge in [0.05, 0.1) is 16.1 Å². The number of hydrogen-bond acceptors (Lipinski definition) is 4. The van der Waals surface area contributed by atoms with Crippen LogP contribution in [-0.4, -0.2) is 21.0 Å². The molecule has 0 saturated carbocycles. The Morgan fingerprint density at radius 2 is 1.96 bits per heavy atom. The van der Waals surface area contributed by atoms with E-state index in [0.717, 1.165) is 22.6 Å². The number of benzene rings is 1. The molecule has 4 nitrogen and oxygen atoms in total. The Morgan fingerprint density at radius 1 is 1.23 bits per heavy atom. The Kier molecular flexibility index (Phi) is 6.20. The minimum atomic E-state index is -1.28. The molecule has 138 valence electrons. The molecule has 0 bridgehead atoms. The zero-order chi connectivity index (χ0) is 18.1. The molecule has 0 atom stereocenters. The number of nitrogens with zero attached hydrogens (tertiary/aromatic N) is 2. The highest BCUT2D eigenvalue weighted by atomic mass is 35.5. The molecule has 2 aromatic heterocycles. The average Bonchev–Trinajstić information content (AvgIpc) is 2.97. The molecule has 3 aromatic rings. The summed E-state index contributed by atoms with van der Waals surface area (Å²) in [5.74, 6) is -4.28. The second-order valence-corrected chi connectivity index (χ2v) is 6.57. The van der Waals surface area contributed by atoms with Crippen molar-refractivity contribution in [1.29, 1.82) is 0 Å². The van der Waals surface area contributed by atoms with Crippen molar-refractivity contribution in [3.05, 3.63) is 57.6 Å². The van der Waals surface area contributed by atoms with Gasteiger partial charge in [-0.2, -0.15) is 0 Å². The highest BCUT2D eigenvalue weighted by Crippen LogP contribution is 2.30. The Labute approximate surface area is 157 Å². The third-order valence-electron chi connectivity index (χ3n) is 3.71. The Bertz CT molecular complexity index is 978. The van der Waals surface area contributed by atoms with E-state index in [2.05, 4.69) is 9.97 Å². The van der Waals surface area contributed by atoms with Crippen LogP contribution in [0.15, 0.2) is 18.3 Å². The Hall–Kier alpha value is -2.19. The number of rotatable bonds is 5. The summed E-state index contributed by atoms with van der Waals surface area (Å²) in [4.78, 5) is 19.1. The van der Waals surface area contributed by atoms with Gasteiger partial charge in [-0.3, -0.25) is 9.78 Å². The number of pyridine rings is 1. The molecule has 2 heterocycles. The van der Waals surface area contributed by atoms with Crippen molar-refractivity contribution in [2.24, 2.45) is 0 Å². The summed E-state index contributed by atoms with van der Waals surface area (Å²) in [6.07, 6.45) is 2.19. The second kappa shape index (κ2) is 8.01. The van der Waals surface area contributed by atoms with Gasteiger partial charge in [0.25, 0.3) is 0 Å². The standard InChI is InChI=1S/C17H13F3N2O2S.ClH/c1-2-12-9(3-8(7-21-12)4-14(23)24)5-13-22-16-15(20)10(18)6-11(19)17(16)25-13;/h3,6-7H,2,4-5H2,1H3,(H,23,24);1H. The van der Waals surface area contributed by atoms with Crippen LogP contribution < -0.4 is 0 Å². The van der Waals surface area contributed by atoms with Gasteiger partial charge in [0.1, 0.15) is 11.3 Å². The molecule has 0 aliphatic carbocycles. The van der Waals surface area contributed by atoms with Crippen LogP contribution in [0.1, 0.15) is 28.8 Å². The summed E-state index contributed by atoms with van der Waals surface area (Å²) in [5, 5.41) is 9.30. The van der Waals surface area contributed by atoms with E-state index in [9.17, 15) is 18.0 Å². The summed E-state index contributed by atoms with van der Waals surface area (Å²) in [6.45, 7) is 1.90. The first kappa shape index (κ1) is 20.1. The molecule has 0 fully saturated rings. The van der Waals surface area contributed by atoms with Gasteiger partial charge in [0.15, 0.2) is 11.6 Å². The third kappa shape index (κ3) is 3.96. The zero-order valence-electron chi connectivity index (χ0n) is 13.6. The van der Waals surface area contributed by atoms with E-state index in [1.807, 2.05) is 6.92 Å². The van der Waals surface area contributed by atoms with Crippen molar-refractivity contribution < 1.29 is 23.1 Å². The molecule has 0 aliphatic rings. The summed E-state index contributed by atoms with van der Waals surface area (Å²) in [5.41, 5.74) is 1.69. The largest absolute Gasteiger partial charge is 0.481 e. The molecule has 0 unspecified atom stereocenters. The monoisotopic (exact) mass is 402 g/mol. The van der Waals surface area contributed by atoms with Crippen LogP contribution in [-0.2, 0) is 24.1 Å². The molecule has 0 aliphatic heterocycles. The van der Waals surface area contributed by atoms with Crippen molar-refractivity contribution in [2.75, 3.05) is 0 Å². The van der Waals surface area contributed by atoms with Crippen LogP contribution in [0.3, 0.4) is 0 Å². The van der Waals surface area contributed by atoms with Gasteiger partial charge in [0, 0.05) is 24.4 Å². The van der Waals surface area contributed by atoms with Crippen LogP contribution in [0.2, 0.25) is 0 Å². The smallest absolute Gasteiger partial charge is 0.307 e. The van der Waals surface area contributed by atoms with Gasteiger partial charge in [-0.1, -0.05) is 13.0 Å². The van der Waals surface area contributed by atoms with E-state index in [4.69, 9.17) is 5.11 Å². The number of aliphatic carboxylic acids is 1. The first-order chi connectivity index (χ1) is 11.9. The van der Waals surface area contributed by atoms with Crippen molar-refractivity contribution in [2.45, 2.75) is 26.2 Å². The number of carboxylic acid groups (broad SMARTS) is 1. The van der Waals surface area contributed by atoms with Crippen molar-refractivity contribution in [1.82, 2.24) is 9.97 Å². The average molecular weight is 403 g/mol. The molecule has 26 heavy (non-hydrogen) atoms. The highest BCUT2D eigenvalue weighted by Gasteiger charge is 2.18. The van der Waals surface area contributed by atoms with Crippen LogP contribution in [0, 0.1) is 17.5 Å². The maximum atomic E-state index is 13.8. The van der Waals surface area contributed by atoms with Gasteiger partial charge in [-0.25, -0.2) is 18.2 Å². The van der Waals surface area contributed by atoms with Gasteiger partial charge in [-0.15, -0.1) is 23.7 Å². The predicted molar refractivity (Wildman–Crippen MR) is 94.5 cm³/mol. The van der Waals surface area contributed by atoms with Gasteiger partial charge >= 0.3 is 5.97 Å². The lowest BCUT2D eigenvalue weighted by Crippen LogP contribution is -2.04. The van der Waals surface area contributed by atoms with Crippen LogP contribution in [0.25, 0.3) is 10.2 Å². The molecule has 9 heteroatoms. The van der Waals surface area contributed by atoms with Crippen LogP contribution in [0.4, 0.5) is 13.2 Å². The number of halogens is 4. The summed E-state index contributed by atoms with van der Waals surface area (Å²) < 4.78 is 40.9. The maximum absolute atomic E-state index is 13.8. The molecule has 0 amide bonds. The lowest BCUT2D eigenvalue weighted by atomic mass is 10.0. The number of fused-ring (bicyclic) bond motifs is 1. The SMILES string of the molecule is CCc1ncc(CC(=O)O)cc1Cc1nc2c(F)c(F)cc(F)c2s1.Cl. The van der Waals surface area contributed by atoms with Crippen LogP contribution >= 0.6 is 23.7 Å². The Balaban J connectivity index is 0.00000243. The second-order valence-electron chi connectivity index (χ2n) is 5.49. The maximum Gasteiger partial charge on any atom is 0.307 e. The van der Waals surface area contributed by atoms with Crippen molar-refractivity contribution in [3.8, 4) is 0 Å². The Morgan fingerprint density at radius 3 is 2.62 bits per heavy atom. The minimum Gasteiger partial charge on any atom is -0.481 e. The number of aryl methyl sites for hydroxylation is 1. The first-order valence-electron chi connectivity index (χ1n) is 7.50. The van der Waals surface area contributed by atoms with Crippen molar-refractivity contribution >= 4 is 39.9 Å². The number of carbonyl (C=O) groups is 1. The van der Waals surface area contributed by atoms with E-state index in [-0.39, 0.29) is 35.5 Å². The predicted octanol–water partition coefficient (Wildman–Crippen LogP) is 4.31. The van der Waals surface area contributed by atoms with Crippen LogP contribution in [0.5, 0.6) is 0 Å². The molecule has 0 radical (unpaired) electrons. The summed E-state index contributed by atoms with van der Waals surface area (Å²) in [7, 11) is 0. The summed E-state index contributed by atoms with van der Waals surface area (Å²) in [6, 6.07) is 2.21. The van der Waals surface area contributed by atoms with Crippen molar-refractivity contribution in [3.63, 3.8) is 0 Å². The van der Waals surface area contributed by atoms with Gasteiger partial charge in [0.2, 0.25) is 0 Å². The minimum absolute atomic E-state index is 0. The van der Waals surface area contributed by atoms with E-state index in [1.165, 1.54) is 6.20 Å². The lowest BCUT2D eigenvalue weighted by molar-refractivity contribution is -0.136. The quantitative estimate of drug-likeness (QED) is 0.646. The number of thiazole rings is 1. The molecule has 1 aromatic carbocycles. The lowest BCUT2D eigenvalue weighted by Gasteiger charge is -2.07. The van der Waals surface area contributed by atoms with E-state index < -0.39 is 23.4 Å². The molecule has 3 rings (SSSR count). The zero-order valence-corrected chi connectivity index (χ0v) is 15.2. The third-order valence-corrected chi connectivity index (χ3v) is 4.77. The number of carboxylic acids is 1. The number of aromatic nitrogens is 2. The molecule has 0 saturated heterocycles. The topological polar surface area (TPSA) is 63.1 Å². The molecular formula is C17H14ClF3N2O2S. The molecular weight excluding hydrogens is 389 g/mol. The van der Waals surface area contributed by atoms with Gasteiger partial charge < -0.3 is 5.11 Å².